The molecule has 1 N–H and O–H groups in total. The van der Waals surface area contributed by atoms with E-state index in [1.807, 2.05) is 20.2 Å². The molecule has 0 radical (unpaired) electrons. The van der Waals surface area contributed by atoms with Crippen LogP contribution in [0.4, 0.5) is 5.69 Å². The van der Waals surface area contributed by atoms with Gasteiger partial charge in [-0.05, 0) is 33.4 Å². The molecule has 1 aromatic rings. The van der Waals surface area contributed by atoms with Crippen molar-refractivity contribution in [3.63, 3.8) is 0 Å². The molecule has 0 saturated carbocycles. The van der Waals surface area contributed by atoms with E-state index in [-0.39, 0.29) is 0 Å². The maximum Gasteiger partial charge on any atom is 0.0750 e. The predicted octanol–water partition coefficient (Wildman–Crippen LogP) is 1.72. The van der Waals surface area contributed by atoms with E-state index in [1.54, 1.807) is 0 Å². The van der Waals surface area contributed by atoms with Gasteiger partial charge in [0.05, 0.1) is 12.1 Å². The second kappa shape index (κ2) is 5.67. The van der Waals surface area contributed by atoms with Crippen molar-refractivity contribution in [3.05, 3.63) is 23.5 Å². The summed E-state index contributed by atoms with van der Waals surface area (Å²) in [7, 11) is 4.12. The van der Waals surface area contributed by atoms with Gasteiger partial charge in [0.2, 0.25) is 0 Å². The number of nitrogens with one attached hydrogen (secondary N) is 1. The molecule has 4 nitrogen and oxygen atoms in total. The van der Waals surface area contributed by atoms with Crippen molar-refractivity contribution in [1.82, 2.24) is 10.3 Å². The molecule has 0 spiro atoms. The molecule has 4 heteroatoms. The quantitative estimate of drug-likeness (QED) is 0.881. The van der Waals surface area contributed by atoms with Gasteiger partial charge >= 0.3 is 0 Å². The molecule has 1 saturated heterocycles. The molecule has 1 aliphatic rings. The lowest BCUT2D eigenvalue weighted by atomic mass is 10.1. The zero-order valence-corrected chi connectivity index (χ0v) is 11.7. The second-order valence-corrected chi connectivity index (χ2v) is 5.03. The minimum atomic E-state index is 0.297. The van der Waals surface area contributed by atoms with Crippen molar-refractivity contribution in [2.45, 2.75) is 39.0 Å². The third kappa shape index (κ3) is 2.65. The molecule has 2 unspecified atom stereocenters. The molecule has 0 aromatic carbocycles. The summed E-state index contributed by atoms with van der Waals surface area (Å²) >= 11 is 0. The third-order valence-corrected chi connectivity index (χ3v) is 3.68. The van der Waals surface area contributed by atoms with Crippen LogP contribution >= 0.6 is 0 Å². The zero-order valence-electron chi connectivity index (χ0n) is 11.7. The second-order valence-electron chi connectivity index (χ2n) is 5.03. The Hall–Kier alpha value is -1.13. The van der Waals surface area contributed by atoms with Gasteiger partial charge in [-0.2, -0.15) is 0 Å². The Kier molecular flexibility index (Phi) is 4.19. The van der Waals surface area contributed by atoms with Gasteiger partial charge in [-0.3, -0.25) is 4.98 Å². The van der Waals surface area contributed by atoms with Crippen molar-refractivity contribution < 1.29 is 4.74 Å². The highest BCUT2D eigenvalue weighted by Gasteiger charge is 2.29. The number of aryl methyl sites for hydroxylation is 1. The first kappa shape index (κ1) is 13.3. The first-order valence-corrected chi connectivity index (χ1v) is 6.58. The molecular formula is C14H23N3O. The van der Waals surface area contributed by atoms with E-state index in [2.05, 4.69) is 35.2 Å². The van der Waals surface area contributed by atoms with Crippen molar-refractivity contribution in [2.75, 3.05) is 25.6 Å². The maximum absolute atomic E-state index is 5.67. The Labute approximate surface area is 109 Å². The van der Waals surface area contributed by atoms with E-state index in [0.29, 0.717) is 12.1 Å². The largest absolute Gasteiger partial charge is 0.376 e. The van der Waals surface area contributed by atoms with Crippen LogP contribution in [0.3, 0.4) is 0 Å². The fraction of sp³-hybridized carbons (Fsp3) is 0.643. The van der Waals surface area contributed by atoms with Crippen LogP contribution in [-0.2, 0) is 11.3 Å². The molecule has 0 amide bonds. The van der Waals surface area contributed by atoms with Crippen LogP contribution < -0.4 is 10.2 Å². The number of ether oxygens (including phenoxy) is 1. The standard InChI is InChI=1S/C14H23N3O/c1-10-7-14(12(8-15-3)9-16-10)17(4)13-5-6-18-11(13)2/h7,9,11,13,15H,5-6,8H2,1-4H3. The van der Waals surface area contributed by atoms with Crippen molar-refractivity contribution >= 4 is 5.69 Å². The normalized spacial score (nSPS) is 23.3. The van der Waals surface area contributed by atoms with Crippen LogP contribution in [0, 0.1) is 6.92 Å². The average Bonchev–Trinajstić information content (AvgIpc) is 2.77. The molecule has 2 rings (SSSR count). The van der Waals surface area contributed by atoms with E-state index < -0.39 is 0 Å². The summed E-state index contributed by atoms with van der Waals surface area (Å²) in [6.07, 6.45) is 3.36. The fourth-order valence-electron chi connectivity index (χ4n) is 2.64. The lowest BCUT2D eigenvalue weighted by Crippen LogP contribution is -2.37. The summed E-state index contributed by atoms with van der Waals surface area (Å²) in [4.78, 5) is 6.73. The highest BCUT2D eigenvalue weighted by molar-refractivity contribution is 5.54. The zero-order chi connectivity index (χ0) is 13.1. The minimum absolute atomic E-state index is 0.297. The lowest BCUT2D eigenvalue weighted by Gasteiger charge is -2.30. The van der Waals surface area contributed by atoms with E-state index in [4.69, 9.17) is 4.74 Å². The first-order chi connectivity index (χ1) is 8.63. The van der Waals surface area contributed by atoms with Gasteiger partial charge < -0.3 is 15.0 Å². The summed E-state index contributed by atoms with van der Waals surface area (Å²) in [5.74, 6) is 0. The predicted molar refractivity (Wildman–Crippen MR) is 74.0 cm³/mol. The smallest absolute Gasteiger partial charge is 0.0750 e. The van der Waals surface area contributed by atoms with Gasteiger partial charge in [0, 0.05) is 43.3 Å². The monoisotopic (exact) mass is 249 g/mol. The van der Waals surface area contributed by atoms with Gasteiger partial charge in [0.25, 0.3) is 0 Å². The average molecular weight is 249 g/mol. The number of hydrogen-bond acceptors (Lipinski definition) is 4. The Morgan fingerprint density at radius 2 is 2.33 bits per heavy atom. The van der Waals surface area contributed by atoms with Gasteiger partial charge in [-0.15, -0.1) is 0 Å². The molecule has 2 atom stereocenters. The summed E-state index contributed by atoms with van der Waals surface area (Å²) in [6, 6.07) is 2.62. The number of anilines is 1. The van der Waals surface area contributed by atoms with E-state index in [1.165, 1.54) is 11.3 Å². The SMILES string of the molecule is CNCc1cnc(C)cc1N(C)C1CCOC1C. The number of nitrogens with zero attached hydrogens (tertiary/aromatic N) is 2. The maximum atomic E-state index is 5.67. The van der Waals surface area contributed by atoms with Crippen LogP contribution in [0.5, 0.6) is 0 Å². The topological polar surface area (TPSA) is 37.4 Å². The molecule has 18 heavy (non-hydrogen) atoms. The van der Waals surface area contributed by atoms with E-state index in [0.717, 1.165) is 25.3 Å². The Balaban J connectivity index is 2.27. The van der Waals surface area contributed by atoms with Crippen molar-refractivity contribution in [1.29, 1.82) is 0 Å². The number of likely N-dealkylation sites (N-methyl/N-ethyl adjacent to an activating group) is 1. The van der Waals surface area contributed by atoms with E-state index in [9.17, 15) is 0 Å². The van der Waals surface area contributed by atoms with Crippen LogP contribution in [0.15, 0.2) is 12.3 Å². The van der Waals surface area contributed by atoms with Crippen LogP contribution in [-0.4, -0.2) is 37.8 Å². The van der Waals surface area contributed by atoms with Crippen molar-refractivity contribution in [2.24, 2.45) is 0 Å². The molecule has 0 bridgehead atoms. The molecule has 1 fully saturated rings. The highest BCUT2D eigenvalue weighted by Crippen LogP contribution is 2.27. The fourth-order valence-corrected chi connectivity index (χ4v) is 2.64. The highest BCUT2D eigenvalue weighted by atomic mass is 16.5. The third-order valence-electron chi connectivity index (χ3n) is 3.68. The summed E-state index contributed by atoms with van der Waals surface area (Å²) in [6.45, 7) is 5.89. The number of hydrogen-bond donors (Lipinski definition) is 1. The summed E-state index contributed by atoms with van der Waals surface area (Å²) < 4.78 is 5.67. The molecule has 1 aliphatic heterocycles. The Morgan fingerprint density at radius 3 is 2.94 bits per heavy atom. The molecule has 1 aromatic heterocycles. The molecular weight excluding hydrogens is 226 g/mol. The lowest BCUT2D eigenvalue weighted by molar-refractivity contribution is 0.118. The van der Waals surface area contributed by atoms with Crippen LogP contribution in [0.2, 0.25) is 0 Å². The summed E-state index contributed by atoms with van der Waals surface area (Å²) in [5.41, 5.74) is 3.56. The number of pyridine rings is 1. The van der Waals surface area contributed by atoms with E-state index >= 15 is 0 Å². The minimum Gasteiger partial charge on any atom is -0.376 e. The van der Waals surface area contributed by atoms with Gasteiger partial charge in [0.15, 0.2) is 0 Å². The van der Waals surface area contributed by atoms with Gasteiger partial charge in [0.1, 0.15) is 0 Å². The van der Waals surface area contributed by atoms with Gasteiger partial charge in [-0.1, -0.05) is 0 Å². The number of aromatic nitrogens is 1. The van der Waals surface area contributed by atoms with Gasteiger partial charge in [-0.25, -0.2) is 0 Å². The first-order valence-electron chi connectivity index (χ1n) is 6.58. The Morgan fingerprint density at radius 1 is 1.56 bits per heavy atom. The molecule has 0 aliphatic carbocycles. The Bertz CT molecular complexity index is 408. The molecule has 2 heterocycles. The van der Waals surface area contributed by atoms with Crippen LogP contribution in [0.25, 0.3) is 0 Å². The van der Waals surface area contributed by atoms with Crippen LogP contribution in [0.1, 0.15) is 24.6 Å². The molecule has 100 valence electrons. The van der Waals surface area contributed by atoms with Crippen molar-refractivity contribution in [3.8, 4) is 0 Å². The number of rotatable bonds is 4. The summed E-state index contributed by atoms with van der Waals surface area (Å²) in [5, 5.41) is 3.20.